The van der Waals surface area contributed by atoms with Crippen molar-refractivity contribution in [2.45, 2.75) is 45.6 Å². The van der Waals surface area contributed by atoms with E-state index in [-0.39, 0.29) is 49.1 Å². The summed E-state index contributed by atoms with van der Waals surface area (Å²) < 4.78 is 10.1. The Bertz CT molecular complexity index is 602. The lowest BCUT2D eigenvalue weighted by Crippen LogP contribution is -2.33. The first kappa shape index (κ1) is 15.6. The number of carbonyl (C=O) groups excluding carboxylic acids is 3. The molecule has 2 unspecified atom stereocenters. The predicted molar refractivity (Wildman–Crippen MR) is 75.6 cm³/mol. The van der Waals surface area contributed by atoms with Crippen LogP contribution in [0.25, 0.3) is 0 Å². The summed E-state index contributed by atoms with van der Waals surface area (Å²) in [6, 6.07) is 0. The van der Waals surface area contributed by atoms with Gasteiger partial charge in [0.05, 0.1) is 18.3 Å². The highest BCUT2D eigenvalue weighted by Gasteiger charge is 2.47. The number of fused-ring (bicyclic) bond motifs is 1. The zero-order valence-corrected chi connectivity index (χ0v) is 13.0. The standard InChI is InChI=1S/C15H19N3O5/c1-9-16-17-12(23-9)8-22-13(19)6-7-18-14(20)10-4-2-3-5-11(10)15(18)21/h10-11H,2-8H2,1H3. The fourth-order valence-corrected chi connectivity index (χ4v) is 3.26. The third-order valence-electron chi connectivity index (χ3n) is 4.40. The average Bonchev–Trinajstić information content (AvgIpc) is 3.07. The molecule has 2 amide bonds. The summed E-state index contributed by atoms with van der Waals surface area (Å²) in [5.74, 6) is -0.541. The van der Waals surface area contributed by atoms with Crippen molar-refractivity contribution in [3.8, 4) is 0 Å². The normalized spacial score (nSPS) is 24.0. The van der Waals surface area contributed by atoms with Crippen LogP contribution >= 0.6 is 0 Å². The van der Waals surface area contributed by atoms with E-state index in [0.29, 0.717) is 5.89 Å². The molecule has 2 atom stereocenters. The number of nitrogens with zero attached hydrogens (tertiary/aromatic N) is 3. The van der Waals surface area contributed by atoms with Gasteiger partial charge in [0, 0.05) is 13.5 Å². The molecule has 3 rings (SSSR count). The summed E-state index contributed by atoms with van der Waals surface area (Å²) in [7, 11) is 0. The molecule has 8 nitrogen and oxygen atoms in total. The fourth-order valence-electron chi connectivity index (χ4n) is 3.26. The van der Waals surface area contributed by atoms with Gasteiger partial charge >= 0.3 is 5.97 Å². The van der Waals surface area contributed by atoms with Gasteiger partial charge in [-0.3, -0.25) is 19.3 Å². The van der Waals surface area contributed by atoms with Crippen molar-refractivity contribution in [3.05, 3.63) is 11.8 Å². The lowest BCUT2D eigenvalue weighted by molar-refractivity contribution is -0.147. The van der Waals surface area contributed by atoms with E-state index in [2.05, 4.69) is 10.2 Å². The molecule has 124 valence electrons. The Morgan fingerprint density at radius 1 is 1.22 bits per heavy atom. The second kappa shape index (κ2) is 6.47. The van der Waals surface area contributed by atoms with Crippen molar-refractivity contribution in [1.29, 1.82) is 0 Å². The summed E-state index contributed by atoms with van der Waals surface area (Å²) >= 11 is 0. The second-order valence-corrected chi connectivity index (χ2v) is 5.95. The molecule has 0 N–H and O–H groups in total. The van der Waals surface area contributed by atoms with Crippen molar-refractivity contribution in [3.63, 3.8) is 0 Å². The Morgan fingerprint density at radius 2 is 1.87 bits per heavy atom. The zero-order chi connectivity index (χ0) is 16.4. The molecular formula is C15H19N3O5. The lowest BCUT2D eigenvalue weighted by atomic mass is 9.81. The molecule has 0 bridgehead atoms. The topological polar surface area (TPSA) is 103 Å². The minimum atomic E-state index is -0.503. The van der Waals surface area contributed by atoms with Gasteiger partial charge in [-0.2, -0.15) is 0 Å². The first-order chi connectivity index (χ1) is 11.1. The monoisotopic (exact) mass is 321 g/mol. The molecule has 2 fully saturated rings. The zero-order valence-electron chi connectivity index (χ0n) is 13.0. The number of likely N-dealkylation sites (tertiary alicyclic amines) is 1. The van der Waals surface area contributed by atoms with E-state index in [1.807, 2.05) is 0 Å². The number of esters is 1. The van der Waals surface area contributed by atoms with Crippen molar-refractivity contribution in [1.82, 2.24) is 15.1 Å². The quantitative estimate of drug-likeness (QED) is 0.588. The molecule has 0 aromatic carbocycles. The summed E-state index contributed by atoms with van der Waals surface area (Å²) in [6.07, 6.45) is 3.49. The van der Waals surface area contributed by atoms with Gasteiger partial charge in [0.15, 0.2) is 6.61 Å². The third-order valence-corrected chi connectivity index (χ3v) is 4.40. The molecule has 0 spiro atoms. The van der Waals surface area contributed by atoms with Crippen LogP contribution in [-0.4, -0.2) is 39.4 Å². The number of aromatic nitrogens is 2. The van der Waals surface area contributed by atoms with Crippen LogP contribution in [0.5, 0.6) is 0 Å². The van der Waals surface area contributed by atoms with Crippen molar-refractivity contribution < 1.29 is 23.5 Å². The van der Waals surface area contributed by atoms with E-state index in [1.165, 1.54) is 4.90 Å². The molecule has 2 aliphatic rings. The maximum atomic E-state index is 12.3. The highest BCUT2D eigenvalue weighted by atomic mass is 16.5. The molecule has 0 radical (unpaired) electrons. The van der Waals surface area contributed by atoms with E-state index in [0.717, 1.165) is 25.7 Å². The van der Waals surface area contributed by atoms with E-state index in [1.54, 1.807) is 6.92 Å². The Kier molecular flexibility index (Phi) is 4.40. The Balaban J connectivity index is 1.48. The fraction of sp³-hybridized carbons (Fsp3) is 0.667. The number of rotatable bonds is 5. The van der Waals surface area contributed by atoms with Crippen LogP contribution in [0.1, 0.15) is 43.9 Å². The molecular weight excluding hydrogens is 302 g/mol. The van der Waals surface area contributed by atoms with Crippen LogP contribution in [0.15, 0.2) is 4.42 Å². The minimum absolute atomic E-state index is 0.0238. The van der Waals surface area contributed by atoms with Crippen molar-refractivity contribution >= 4 is 17.8 Å². The Labute approximate surface area is 133 Å². The van der Waals surface area contributed by atoms with Crippen LogP contribution in [0.3, 0.4) is 0 Å². The first-order valence-electron chi connectivity index (χ1n) is 7.86. The number of hydrogen-bond acceptors (Lipinski definition) is 7. The van der Waals surface area contributed by atoms with Crippen LogP contribution in [-0.2, 0) is 25.7 Å². The van der Waals surface area contributed by atoms with Gasteiger partial charge in [0.1, 0.15) is 0 Å². The maximum Gasteiger partial charge on any atom is 0.308 e. The molecule has 1 aromatic heterocycles. The van der Waals surface area contributed by atoms with Gasteiger partial charge in [0.2, 0.25) is 17.7 Å². The first-order valence-corrected chi connectivity index (χ1v) is 7.86. The molecule has 1 saturated carbocycles. The van der Waals surface area contributed by atoms with E-state index in [9.17, 15) is 14.4 Å². The molecule has 1 aliphatic carbocycles. The third kappa shape index (κ3) is 3.25. The predicted octanol–water partition coefficient (Wildman–Crippen LogP) is 0.987. The largest absolute Gasteiger partial charge is 0.456 e. The highest BCUT2D eigenvalue weighted by Crippen LogP contribution is 2.37. The number of hydrogen-bond donors (Lipinski definition) is 0. The summed E-state index contributed by atoms with van der Waals surface area (Å²) in [5, 5.41) is 7.35. The van der Waals surface area contributed by atoms with Crippen molar-refractivity contribution in [2.24, 2.45) is 11.8 Å². The van der Waals surface area contributed by atoms with Gasteiger partial charge in [-0.1, -0.05) is 12.8 Å². The molecule has 1 aromatic rings. The number of amides is 2. The van der Waals surface area contributed by atoms with Gasteiger partial charge < -0.3 is 9.15 Å². The minimum Gasteiger partial charge on any atom is -0.456 e. The molecule has 1 aliphatic heterocycles. The summed E-state index contributed by atoms with van der Waals surface area (Å²) in [6.45, 7) is 1.61. The van der Waals surface area contributed by atoms with Crippen molar-refractivity contribution in [2.75, 3.05) is 6.54 Å². The smallest absolute Gasteiger partial charge is 0.308 e. The summed E-state index contributed by atoms with van der Waals surface area (Å²) in [5.41, 5.74) is 0. The van der Waals surface area contributed by atoms with Gasteiger partial charge in [-0.25, -0.2) is 0 Å². The molecule has 23 heavy (non-hydrogen) atoms. The maximum absolute atomic E-state index is 12.3. The Hall–Kier alpha value is -2.25. The highest BCUT2D eigenvalue weighted by molar-refractivity contribution is 6.05. The van der Waals surface area contributed by atoms with E-state index < -0.39 is 5.97 Å². The van der Waals surface area contributed by atoms with Gasteiger partial charge in [-0.15, -0.1) is 10.2 Å². The van der Waals surface area contributed by atoms with E-state index >= 15 is 0 Å². The van der Waals surface area contributed by atoms with Crippen LogP contribution in [0.4, 0.5) is 0 Å². The number of ether oxygens (including phenoxy) is 1. The second-order valence-electron chi connectivity index (χ2n) is 5.95. The van der Waals surface area contributed by atoms with Gasteiger partial charge in [0.25, 0.3) is 5.89 Å². The molecule has 8 heteroatoms. The van der Waals surface area contributed by atoms with Crippen LogP contribution in [0, 0.1) is 18.8 Å². The molecule has 2 heterocycles. The average molecular weight is 321 g/mol. The summed E-state index contributed by atoms with van der Waals surface area (Å²) in [4.78, 5) is 37.5. The SMILES string of the molecule is Cc1nnc(COC(=O)CCN2C(=O)C3CCCCC3C2=O)o1. The van der Waals surface area contributed by atoms with Gasteiger partial charge in [-0.05, 0) is 12.8 Å². The van der Waals surface area contributed by atoms with Crippen LogP contribution < -0.4 is 0 Å². The van der Waals surface area contributed by atoms with E-state index in [4.69, 9.17) is 9.15 Å². The Morgan fingerprint density at radius 3 is 2.43 bits per heavy atom. The number of aryl methyl sites for hydroxylation is 1. The number of imide groups is 1. The van der Waals surface area contributed by atoms with Crippen LogP contribution in [0.2, 0.25) is 0 Å². The molecule has 1 saturated heterocycles. The lowest BCUT2D eigenvalue weighted by Gasteiger charge is -2.19. The number of carbonyl (C=O) groups is 3.